The predicted octanol–water partition coefficient (Wildman–Crippen LogP) is 2.06. The molecule has 0 amide bonds. The van der Waals surface area contributed by atoms with E-state index in [1.165, 1.54) is 0 Å². The number of nitriles is 1. The van der Waals surface area contributed by atoms with E-state index in [9.17, 15) is 0 Å². The highest BCUT2D eigenvalue weighted by atomic mass is 32.1. The van der Waals surface area contributed by atoms with Gasteiger partial charge in [-0.05, 0) is 38.3 Å². The molecule has 2 aromatic rings. The van der Waals surface area contributed by atoms with Crippen molar-refractivity contribution >= 4 is 12.2 Å². The minimum absolute atomic E-state index is 0.0208. The number of nitrogens with zero attached hydrogens (tertiary/aromatic N) is 6. The molecule has 2 rings (SSSR count). The fourth-order valence-electron chi connectivity index (χ4n) is 2.13. The molecule has 1 atom stereocenters. The smallest absolute Gasteiger partial charge is 0.199 e. The Kier molecular flexibility index (Phi) is 4.83. The highest BCUT2D eigenvalue weighted by molar-refractivity contribution is 7.71. The van der Waals surface area contributed by atoms with Gasteiger partial charge in [0.2, 0.25) is 0 Å². The fraction of sp³-hybridized carbons (Fsp3) is 0.429. The fourth-order valence-corrected chi connectivity index (χ4v) is 2.31. The van der Waals surface area contributed by atoms with Gasteiger partial charge >= 0.3 is 0 Å². The number of hydrogen-bond acceptors (Lipinski definition) is 5. The average molecular weight is 302 g/mol. The lowest BCUT2D eigenvalue weighted by Crippen LogP contribution is -2.27. The van der Waals surface area contributed by atoms with E-state index in [1.807, 2.05) is 42.6 Å². The first-order valence-corrected chi connectivity index (χ1v) is 7.06. The molecule has 110 valence electrons. The third kappa shape index (κ3) is 3.54. The first-order chi connectivity index (χ1) is 10.0. The zero-order valence-corrected chi connectivity index (χ0v) is 13.2. The second kappa shape index (κ2) is 6.61. The molecule has 0 spiro atoms. The summed E-state index contributed by atoms with van der Waals surface area (Å²) in [6.45, 7) is 3.14. The molecule has 0 aromatic carbocycles. The van der Waals surface area contributed by atoms with Crippen molar-refractivity contribution in [2.24, 2.45) is 13.0 Å². The molecule has 0 aliphatic rings. The minimum atomic E-state index is -0.0208. The predicted molar refractivity (Wildman–Crippen MR) is 82.7 cm³/mol. The maximum atomic E-state index is 8.87. The molecule has 0 saturated heterocycles. The molecule has 0 N–H and O–H groups in total. The monoisotopic (exact) mass is 302 g/mol. The zero-order valence-electron chi connectivity index (χ0n) is 12.4. The summed E-state index contributed by atoms with van der Waals surface area (Å²) in [4.78, 5) is 6.05. The van der Waals surface area contributed by atoms with Crippen LogP contribution in [0.4, 0.5) is 0 Å². The van der Waals surface area contributed by atoms with Gasteiger partial charge in [0, 0.05) is 31.5 Å². The van der Waals surface area contributed by atoms with Gasteiger partial charge in [-0.1, -0.05) is 0 Å². The standard InChI is InChI=1S/C14H18N6S/c1-11(8-15)9-18(2)10-20-14(21)19(3)13(17-20)12-4-6-16-7-5-12/h4-7,11H,9-10H2,1-3H3. The van der Waals surface area contributed by atoms with Crippen molar-refractivity contribution < 1.29 is 0 Å². The molecular formula is C14H18N6S. The molecule has 2 aromatic heterocycles. The Labute approximate surface area is 129 Å². The van der Waals surface area contributed by atoms with Crippen molar-refractivity contribution in [3.63, 3.8) is 0 Å². The molecule has 0 aliphatic carbocycles. The molecule has 0 radical (unpaired) electrons. The van der Waals surface area contributed by atoms with Crippen LogP contribution in [0.3, 0.4) is 0 Å². The van der Waals surface area contributed by atoms with E-state index in [4.69, 9.17) is 17.5 Å². The molecule has 6 nitrogen and oxygen atoms in total. The van der Waals surface area contributed by atoms with Gasteiger partial charge in [0.05, 0.1) is 18.7 Å². The molecule has 0 bridgehead atoms. The van der Waals surface area contributed by atoms with Gasteiger partial charge in [-0.15, -0.1) is 0 Å². The number of aromatic nitrogens is 4. The number of rotatable bonds is 5. The summed E-state index contributed by atoms with van der Waals surface area (Å²) in [5.41, 5.74) is 0.977. The molecular weight excluding hydrogens is 284 g/mol. The van der Waals surface area contributed by atoms with Crippen LogP contribution in [0.2, 0.25) is 0 Å². The third-order valence-electron chi connectivity index (χ3n) is 3.16. The van der Waals surface area contributed by atoms with Crippen molar-refractivity contribution in [1.82, 2.24) is 24.2 Å². The Morgan fingerprint density at radius 1 is 1.43 bits per heavy atom. The number of hydrogen-bond donors (Lipinski definition) is 0. The SMILES string of the molecule is CC(C#N)CN(C)Cn1nc(-c2ccncc2)n(C)c1=S. The van der Waals surface area contributed by atoms with Crippen LogP contribution in [0.15, 0.2) is 24.5 Å². The lowest BCUT2D eigenvalue weighted by atomic mass is 10.2. The van der Waals surface area contributed by atoms with E-state index < -0.39 is 0 Å². The summed E-state index contributed by atoms with van der Waals surface area (Å²) in [6, 6.07) is 6.04. The van der Waals surface area contributed by atoms with Crippen LogP contribution in [-0.4, -0.2) is 37.8 Å². The normalized spacial score (nSPS) is 12.3. The Bertz CT molecular complexity index is 696. The van der Waals surface area contributed by atoms with Crippen LogP contribution in [-0.2, 0) is 13.7 Å². The Balaban J connectivity index is 2.23. The van der Waals surface area contributed by atoms with Crippen molar-refractivity contribution in [1.29, 1.82) is 5.26 Å². The highest BCUT2D eigenvalue weighted by Crippen LogP contribution is 2.16. The summed E-state index contributed by atoms with van der Waals surface area (Å²) < 4.78 is 4.31. The van der Waals surface area contributed by atoms with E-state index >= 15 is 0 Å². The van der Waals surface area contributed by atoms with Gasteiger partial charge in [0.15, 0.2) is 10.6 Å². The molecule has 0 fully saturated rings. The lowest BCUT2D eigenvalue weighted by Gasteiger charge is -2.17. The Morgan fingerprint density at radius 3 is 2.71 bits per heavy atom. The van der Waals surface area contributed by atoms with Gasteiger partial charge in [-0.3, -0.25) is 9.88 Å². The summed E-state index contributed by atoms with van der Waals surface area (Å²) in [5, 5.41) is 13.4. The first kappa shape index (κ1) is 15.4. The quantitative estimate of drug-likeness (QED) is 0.791. The van der Waals surface area contributed by atoms with E-state index in [2.05, 4.69) is 16.2 Å². The maximum Gasteiger partial charge on any atom is 0.199 e. The van der Waals surface area contributed by atoms with E-state index in [0.717, 1.165) is 11.4 Å². The van der Waals surface area contributed by atoms with Crippen LogP contribution < -0.4 is 0 Å². The topological polar surface area (TPSA) is 62.7 Å². The summed E-state index contributed by atoms with van der Waals surface area (Å²) in [6.07, 6.45) is 3.47. The van der Waals surface area contributed by atoms with E-state index in [0.29, 0.717) is 18.0 Å². The van der Waals surface area contributed by atoms with E-state index in [1.54, 1.807) is 17.1 Å². The molecule has 0 saturated carbocycles. The van der Waals surface area contributed by atoms with Crippen LogP contribution >= 0.6 is 12.2 Å². The van der Waals surface area contributed by atoms with Gasteiger partial charge in [-0.2, -0.15) is 10.4 Å². The average Bonchev–Trinajstić information content (AvgIpc) is 2.76. The Morgan fingerprint density at radius 2 is 2.10 bits per heavy atom. The molecule has 7 heteroatoms. The van der Waals surface area contributed by atoms with Gasteiger partial charge < -0.3 is 4.57 Å². The minimum Gasteiger partial charge on any atom is -0.303 e. The van der Waals surface area contributed by atoms with Crippen LogP contribution in [0.1, 0.15) is 6.92 Å². The van der Waals surface area contributed by atoms with Crippen molar-refractivity contribution in [2.45, 2.75) is 13.6 Å². The third-order valence-corrected chi connectivity index (χ3v) is 3.65. The summed E-state index contributed by atoms with van der Waals surface area (Å²) in [5.74, 6) is 0.789. The van der Waals surface area contributed by atoms with E-state index in [-0.39, 0.29) is 5.92 Å². The molecule has 2 heterocycles. The van der Waals surface area contributed by atoms with Crippen molar-refractivity contribution in [3.8, 4) is 17.5 Å². The van der Waals surface area contributed by atoms with Crippen molar-refractivity contribution in [3.05, 3.63) is 29.3 Å². The Hall–Kier alpha value is -2.04. The van der Waals surface area contributed by atoms with Crippen LogP contribution in [0.25, 0.3) is 11.4 Å². The number of pyridine rings is 1. The van der Waals surface area contributed by atoms with Crippen molar-refractivity contribution in [2.75, 3.05) is 13.6 Å². The van der Waals surface area contributed by atoms with Gasteiger partial charge in [0.25, 0.3) is 0 Å². The van der Waals surface area contributed by atoms with Gasteiger partial charge in [-0.25, -0.2) is 4.68 Å². The highest BCUT2D eigenvalue weighted by Gasteiger charge is 2.12. The molecule has 1 unspecified atom stereocenters. The largest absolute Gasteiger partial charge is 0.303 e. The van der Waals surface area contributed by atoms with Gasteiger partial charge in [0.1, 0.15) is 0 Å². The first-order valence-electron chi connectivity index (χ1n) is 6.65. The summed E-state index contributed by atoms with van der Waals surface area (Å²) >= 11 is 5.43. The molecule has 21 heavy (non-hydrogen) atoms. The molecule has 0 aliphatic heterocycles. The second-order valence-corrected chi connectivity index (χ2v) is 5.48. The van der Waals surface area contributed by atoms with Crippen LogP contribution in [0, 0.1) is 22.0 Å². The second-order valence-electron chi connectivity index (χ2n) is 5.11. The lowest BCUT2D eigenvalue weighted by molar-refractivity contribution is 0.236. The zero-order chi connectivity index (χ0) is 15.4. The van der Waals surface area contributed by atoms with Crippen LogP contribution in [0.5, 0.6) is 0 Å². The summed E-state index contributed by atoms with van der Waals surface area (Å²) in [7, 11) is 3.86. The maximum absolute atomic E-state index is 8.87.